The van der Waals surface area contributed by atoms with E-state index in [-0.39, 0.29) is 11.6 Å². The van der Waals surface area contributed by atoms with Crippen LogP contribution in [-0.4, -0.2) is 0 Å². The van der Waals surface area contributed by atoms with E-state index < -0.39 is 0 Å². The molecule has 0 aromatic heterocycles. The second-order valence-corrected chi connectivity index (χ2v) is 4.98. The largest absolute Gasteiger partial charge is 0.379 e. The maximum absolute atomic E-state index is 13.5. The molecule has 4 heteroatoms. The molecule has 1 nitrogen and oxygen atoms in total. The molecule has 0 fully saturated rings. The van der Waals surface area contributed by atoms with Crippen LogP contribution in [0.25, 0.3) is 0 Å². The van der Waals surface area contributed by atoms with Crippen LogP contribution in [0.3, 0.4) is 0 Å². The molecule has 0 aliphatic heterocycles. The molecule has 2 rings (SSSR count). The monoisotopic (exact) mass is 311 g/mol. The third-order valence-electron chi connectivity index (χ3n) is 2.63. The van der Waals surface area contributed by atoms with Gasteiger partial charge in [-0.3, -0.25) is 0 Å². The van der Waals surface area contributed by atoms with Crippen molar-refractivity contribution in [2.75, 3.05) is 5.32 Å². The summed E-state index contributed by atoms with van der Waals surface area (Å²) in [6.45, 7) is 2.16. The van der Waals surface area contributed by atoms with E-state index in [4.69, 9.17) is 0 Å². The van der Waals surface area contributed by atoms with E-state index >= 15 is 0 Å². The standard InChI is InChI=1S/C14H12BrF2N/c1-9-6-10(2-4-12(9)16)8-18-14-7-11(15)3-5-13(14)17/h2-7,18H,8H2,1H3. The predicted molar refractivity (Wildman–Crippen MR) is 72.6 cm³/mol. The summed E-state index contributed by atoms with van der Waals surface area (Å²) >= 11 is 3.29. The van der Waals surface area contributed by atoms with Gasteiger partial charge in [-0.05, 0) is 42.3 Å². The molecule has 2 aromatic carbocycles. The van der Waals surface area contributed by atoms with Crippen molar-refractivity contribution >= 4 is 21.6 Å². The van der Waals surface area contributed by atoms with Crippen molar-refractivity contribution in [1.29, 1.82) is 0 Å². The Bertz CT molecular complexity index is 570. The Kier molecular flexibility index (Phi) is 3.97. The van der Waals surface area contributed by atoms with Gasteiger partial charge in [0, 0.05) is 11.0 Å². The molecule has 0 saturated heterocycles. The highest BCUT2D eigenvalue weighted by molar-refractivity contribution is 9.10. The Balaban J connectivity index is 2.11. The molecule has 1 N–H and O–H groups in total. The zero-order valence-corrected chi connectivity index (χ0v) is 11.4. The molecule has 0 unspecified atom stereocenters. The van der Waals surface area contributed by atoms with E-state index in [0.29, 0.717) is 17.8 Å². The summed E-state index contributed by atoms with van der Waals surface area (Å²) in [5.41, 5.74) is 1.92. The minimum absolute atomic E-state index is 0.229. The fraction of sp³-hybridized carbons (Fsp3) is 0.143. The van der Waals surface area contributed by atoms with E-state index in [9.17, 15) is 8.78 Å². The van der Waals surface area contributed by atoms with Gasteiger partial charge in [0.25, 0.3) is 0 Å². The van der Waals surface area contributed by atoms with Gasteiger partial charge >= 0.3 is 0 Å². The summed E-state index contributed by atoms with van der Waals surface area (Å²) in [5.74, 6) is -0.538. The second-order valence-electron chi connectivity index (χ2n) is 4.06. The van der Waals surface area contributed by atoms with Gasteiger partial charge in [-0.15, -0.1) is 0 Å². The van der Waals surface area contributed by atoms with Gasteiger partial charge in [-0.2, -0.15) is 0 Å². The van der Waals surface area contributed by atoms with E-state index in [1.54, 1.807) is 31.2 Å². The molecular formula is C14H12BrF2N. The first-order chi connectivity index (χ1) is 8.56. The zero-order chi connectivity index (χ0) is 13.1. The molecule has 0 bridgehead atoms. The van der Waals surface area contributed by atoms with E-state index in [2.05, 4.69) is 21.2 Å². The third-order valence-corrected chi connectivity index (χ3v) is 3.13. The summed E-state index contributed by atoms with van der Waals surface area (Å²) in [4.78, 5) is 0. The normalized spacial score (nSPS) is 10.4. The lowest BCUT2D eigenvalue weighted by Crippen LogP contribution is -2.02. The minimum atomic E-state index is -0.308. The lowest BCUT2D eigenvalue weighted by molar-refractivity contribution is 0.617. The van der Waals surface area contributed by atoms with Gasteiger partial charge in [0.2, 0.25) is 0 Å². The minimum Gasteiger partial charge on any atom is -0.379 e. The van der Waals surface area contributed by atoms with Crippen molar-refractivity contribution in [3.05, 3.63) is 63.6 Å². The summed E-state index contributed by atoms with van der Waals surface area (Å²) in [6.07, 6.45) is 0. The van der Waals surface area contributed by atoms with Gasteiger partial charge in [0.15, 0.2) is 0 Å². The van der Waals surface area contributed by atoms with Crippen molar-refractivity contribution in [3.63, 3.8) is 0 Å². The molecule has 0 saturated carbocycles. The second kappa shape index (κ2) is 5.48. The maximum Gasteiger partial charge on any atom is 0.146 e. The Morgan fingerprint density at radius 2 is 1.78 bits per heavy atom. The van der Waals surface area contributed by atoms with Crippen LogP contribution in [-0.2, 0) is 6.54 Å². The molecule has 0 aliphatic rings. The average molecular weight is 312 g/mol. The van der Waals surface area contributed by atoms with Crippen LogP contribution in [0.1, 0.15) is 11.1 Å². The predicted octanol–water partition coefficient (Wildman–Crippen LogP) is 4.65. The topological polar surface area (TPSA) is 12.0 Å². The highest BCUT2D eigenvalue weighted by Gasteiger charge is 2.03. The summed E-state index contributed by atoms with van der Waals surface area (Å²) < 4.78 is 27.4. The number of hydrogen-bond acceptors (Lipinski definition) is 1. The number of nitrogens with one attached hydrogen (secondary N) is 1. The average Bonchev–Trinajstić information content (AvgIpc) is 2.34. The Morgan fingerprint density at radius 1 is 1.06 bits per heavy atom. The van der Waals surface area contributed by atoms with Crippen molar-refractivity contribution < 1.29 is 8.78 Å². The van der Waals surface area contributed by atoms with Crippen LogP contribution < -0.4 is 5.32 Å². The Morgan fingerprint density at radius 3 is 2.50 bits per heavy atom. The van der Waals surface area contributed by atoms with E-state index in [1.807, 2.05) is 0 Å². The number of aryl methyl sites for hydroxylation is 1. The van der Waals surface area contributed by atoms with Crippen LogP contribution in [0.2, 0.25) is 0 Å². The van der Waals surface area contributed by atoms with Gasteiger partial charge in [-0.25, -0.2) is 8.78 Å². The highest BCUT2D eigenvalue weighted by atomic mass is 79.9. The third kappa shape index (κ3) is 3.07. The van der Waals surface area contributed by atoms with Crippen molar-refractivity contribution in [3.8, 4) is 0 Å². The Hall–Kier alpha value is -1.42. The first-order valence-corrected chi connectivity index (χ1v) is 6.29. The molecule has 0 aliphatic carbocycles. The highest BCUT2D eigenvalue weighted by Crippen LogP contribution is 2.21. The quantitative estimate of drug-likeness (QED) is 0.870. The number of rotatable bonds is 3. The summed E-state index contributed by atoms with van der Waals surface area (Å²) in [5, 5.41) is 2.99. The first-order valence-electron chi connectivity index (χ1n) is 5.50. The molecule has 0 amide bonds. The molecule has 2 aromatic rings. The van der Waals surface area contributed by atoms with Gasteiger partial charge in [0.1, 0.15) is 11.6 Å². The first kappa shape index (κ1) is 13.0. The van der Waals surface area contributed by atoms with E-state index in [0.717, 1.165) is 10.0 Å². The maximum atomic E-state index is 13.5. The van der Waals surface area contributed by atoms with E-state index in [1.165, 1.54) is 12.1 Å². The Labute approximate surface area is 113 Å². The lowest BCUT2D eigenvalue weighted by atomic mass is 10.1. The van der Waals surface area contributed by atoms with Crippen LogP contribution in [0, 0.1) is 18.6 Å². The fourth-order valence-electron chi connectivity index (χ4n) is 1.65. The van der Waals surface area contributed by atoms with Crippen molar-refractivity contribution in [1.82, 2.24) is 0 Å². The fourth-order valence-corrected chi connectivity index (χ4v) is 2.01. The van der Waals surface area contributed by atoms with Gasteiger partial charge in [0.05, 0.1) is 5.69 Å². The molecule has 18 heavy (non-hydrogen) atoms. The number of halogens is 3. The van der Waals surface area contributed by atoms with Crippen LogP contribution in [0.15, 0.2) is 40.9 Å². The van der Waals surface area contributed by atoms with Crippen molar-refractivity contribution in [2.45, 2.75) is 13.5 Å². The lowest BCUT2D eigenvalue weighted by Gasteiger charge is -2.09. The number of hydrogen-bond donors (Lipinski definition) is 1. The van der Waals surface area contributed by atoms with Gasteiger partial charge in [-0.1, -0.05) is 28.1 Å². The SMILES string of the molecule is Cc1cc(CNc2cc(Br)ccc2F)ccc1F. The zero-order valence-electron chi connectivity index (χ0n) is 9.81. The molecule has 0 heterocycles. The van der Waals surface area contributed by atoms with Crippen LogP contribution in [0.5, 0.6) is 0 Å². The van der Waals surface area contributed by atoms with Crippen LogP contribution >= 0.6 is 15.9 Å². The summed E-state index contributed by atoms with van der Waals surface area (Å²) in [7, 11) is 0. The smallest absolute Gasteiger partial charge is 0.146 e. The van der Waals surface area contributed by atoms with Gasteiger partial charge < -0.3 is 5.32 Å². The summed E-state index contributed by atoms with van der Waals surface area (Å²) in [6, 6.07) is 9.56. The molecule has 94 valence electrons. The van der Waals surface area contributed by atoms with Crippen molar-refractivity contribution in [2.24, 2.45) is 0 Å². The van der Waals surface area contributed by atoms with Crippen LogP contribution in [0.4, 0.5) is 14.5 Å². The molecule has 0 spiro atoms. The number of anilines is 1. The molecule has 0 atom stereocenters. The number of benzene rings is 2. The molecular weight excluding hydrogens is 300 g/mol. The molecule has 0 radical (unpaired) electrons.